The number of hydrogen-bond acceptors (Lipinski definition) is 2. The van der Waals surface area contributed by atoms with E-state index in [4.69, 9.17) is 0 Å². The second-order valence-electron chi connectivity index (χ2n) is 1.25. The Morgan fingerprint density at radius 2 is 2.00 bits per heavy atom. The number of hydrogen-bond donors (Lipinski definition) is 0. The Labute approximate surface area is 76.2 Å². The minimum atomic E-state index is 0. The van der Waals surface area contributed by atoms with E-state index in [1.807, 2.05) is 4.90 Å². The molecule has 1 aliphatic heterocycles. The molecule has 34 valence electrons. The molecule has 0 aromatic carbocycles. The van der Waals surface area contributed by atoms with Crippen LogP contribution in [0.5, 0.6) is 0 Å². The quantitative estimate of drug-likeness (QED) is 0.155. The molecule has 0 atom stereocenters. The Bertz CT molecular complexity index is 81.0. The molecular formula is C3H4NNaS2. The normalized spacial score (nSPS) is 15.1. The van der Waals surface area contributed by atoms with Crippen LogP contribution in [0.25, 0.3) is 0 Å². The minimum absolute atomic E-state index is 0. The SMILES string of the molecule is S=C([S-])N1CC1.[Na+]. The van der Waals surface area contributed by atoms with E-state index in [0.29, 0.717) is 4.32 Å². The van der Waals surface area contributed by atoms with Gasteiger partial charge in [-0.1, -0.05) is 4.32 Å². The first-order valence-corrected chi connectivity index (χ1v) is 2.58. The van der Waals surface area contributed by atoms with Crippen molar-refractivity contribution < 1.29 is 29.6 Å². The average molecular weight is 141 g/mol. The Kier molecular flexibility index (Phi) is 3.71. The van der Waals surface area contributed by atoms with Crippen molar-refractivity contribution in [1.82, 2.24) is 4.90 Å². The third kappa shape index (κ3) is 2.82. The number of rotatable bonds is 0. The molecule has 0 bridgehead atoms. The van der Waals surface area contributed by atoms with Crippen molar-refractivity contribution in [3.05, 3.63) is 0 Å². The topological polar surface area (TPSA) is 3.01 Å². The summed E-state index contributed by atoms with van der Waals surface area (Å²) >= 11 is 9.25. The van der Waals surface area contributed by atoms with E-state index in [9.17, 15) is 0 Å². The standard InChI is InChI=1S/C3H5NS2.Na/c5-3(6)4-1-2-4;/h1-2H2,(H,5,6);/q;+1/p-1. The molecule has 0 radical (unpaired) electrons. The van der Waals surface area contributed by atoms with Crippen LogP contribution in [0.2, 0.25) is 0 Å². The van der Waals surface area contributed by atoms with Gasteiger partial charge in [0.2, 0.25) is 0 Å². The molecule has 0 amide bonds. The van der Waals surface area contributed by atoms with Gasteiger partial charge >= 0.3 is 29.6 Å². The van der Waals surface area contributed by atoms with Gasteiger partial charge in [-0.25, -0.2) is 0 Å². The van der Waals surface area contributed by atoms with Gasteiger partial charge in [0, 0.05) is 13.1 Å². The van der Waals surface area contributed by atoms with Crippen molar-refractivity contribution in [2.75, 3.05) is 13.1 Å². The van der Waals surface area contributed by atoms with E-state index >= 15 is 0 Å². The molecule has 1 heterocycles. The van der Waals surface area contributed by atoms with Gasteiger partial charge in [0.05, 0.1) is 0 Å². The summed E-state index contributed by atoms with van der Waals surface area (Å²) in [5, 5.41) is 0. The summed E-state index contributed by atoms with van der Waals surface area (Å²) in [5.74, 6) is 0. The van der Waals surface area contributed by atoms with Crippen molar-refractivity contribution in [1.29, 1.82) is 0 Å². The maximum Gasteiger partial charge on any atom is 1.00 e. The smallest absolute Gasteiger partial charge is 0.411 e. The molecule has 4 heteroatoms. The Morgan fingerprint density at radius 1 is 1.57 bits per heavy atom. The van der Waals surface area contributed by atoms with Crippen LogP contribution in [-0.4, -0.2) is 22.3 Å². The van der Waals surface area contributed by atoms with Crippen LogP contribution in [0.15, 0.2) is 0 Å². The van der Waals surface area contributed by atoms with Crippen molar-refractivity contribution >= 4 is 29.2 Å². The second kappa shape index (κ2) is 3.20. The molecule has 0 aromatic heterocycles. The van der Waals surface area contributed by atoms with Crippen LogP contribution < -0.4 is 29.6 Å². The van der Waals surface area contributed by atoms with Gasteiger partial charge in [-0.05, 0) is 0 Å². The third-order valence-corrected chi connectivity index (χ3v) is 1.22. The first kappa shape index (κ1) is 8.11. The van der Waals surface area contributed by atoms with Crippen LogP contribution in [0.1, 0.15) is 0 Å². The molecule has 1 fully saturated rings. The maximum absolute atomic E-state index is 4.62. The fraction of sp³-hybridized carbons (Fsp3) is 0.667. The summed E-state index contributed by atoms with van der Waals surface area (Å²) in [7, 11) is 0. The molecule has 1 aliphatic rings. The molecular weight excluding hydrogens is 137 g/mol. The Balaban J connectivity index is 0.000000360. The molecule has 1 saturated heterocycles. The summed E-state index contributed by atoms with van der Waals surface area (Å²) in [6, 6.07) is 0. The molecule has 0 saturated carbocycles. The molecule has 1 rings (SSSR count). The average Bonchev–Trinajstić information content (AvgIpc) is 2.06. The van der Waals surface area contributed by atoms with Gasteiger partial charge < -0.3 is 29.7 Å². The summed E-state index contributed by atoms with van der Waals surface area (Å²) in [4.78, 5) is 1.96. The van der Waals surface area contributed by atoms with Gasteiger partial charge in [-0.15, -0.1) is 0 Å². The number of thiocarbonyl (C=S) groups is 1. The zero-order valence-electron chi connectivity index (χ0n) is 4.18. The van der Waals surface area contributed by atoms with Gasteiger partial charge in [0.25, 0.3) is 0 Å². The third-order valence-electron chi connectivity index (χ3n) is 0.705. The fourth-order valence-corrected chi connectivity index (χ4v) is 0.598. The molecule has 0 aliphatic carbocycles. The molecule has 0 unspecified atom stereocenters. The van der Waals surface area contributed by atoms with E-state index in [-0.39, 0.29) is 29.6 Å². The zero-order valence-corrected chi connectivity index (χ0v) is 7.81. The summed E-state index contributed by atoms with van der Waals surface area (Å²) < 4.78 is 0.620. The number of nitrogens with zero attached hydrogens (tertiary/aromatic N) is 1. The van der Waals surface area contributed by atoms with Crippen LogP contribution in [0, 0.1) is 0 Å². The van der Waals surface area contributed by atoms with Crippen LogP contribution in [0.3, 0.4) is 0 Å². The largest absolute Gasteiger partial charge is 1.00 e. The van der Waals surface area contributed by atoms with E-state index in [1.54, 1.807) is 0 Å². The van der Waals surface area contributed by atoms with E-state index in [1.165, 1.54) is 0 Å². The fourth-order valence-electron chi connectivity index (χ4n) is 0.233. The minimum Gasteiger partial charge on any atom is -0.411 e. The molecule has 0 aromatic rings. The van der Waals surface area contributed by atoms with Gasteiger partial charge in [0.1, 0.15) is 0 Å². The first-order chi connectivity index (χ1) is 2.80. The van der Waals surface area contributed by atoms with Gasteiger partial charge in [-0.2, -0.15) is 0 Å². The van der Waals surface area contributed by atoms with E-state index < -0.39 is 0 Å². The second-order valence-corrected chi connectivity index (χ2v) is 2.28. The van der Waals surface area contributed by atoms with Crippen molar-refractivity contribution in [2.45, 2.75) is 0 Å². The van der Waals surface area contributed by atoms with Crippen molar-refractivity contribution in [3.63, 3.8) is 0 Å². The van der Waals surface area contributed by atoms with E-state index in [0.717, 1.165) is 13.1 Å². The maximum atomic E-state index is 4.62. The monoisotopic (exact) mass is 141 g/mol. The van der Waals surface area contributed by atoms with Crippen LogP contribution in [-0.2, 0) is 12.6 Å². The molecule has 0 N–H and O–H groups in total. The zero-order chi connectivity index (χ0) is 4.57. The first-order valence-electron chi connectivity index (χ1n) is 1.76. The Hall–Kier alpha value is 1.11. The van der Waals surface area contributed by atoms with Crippen molar-refractivity contribution in [3.8, 4) is 0 Å². The summed E-state index contributed by atoms with van der Waals surface area (Å²) in [6.07, 6.45) is 0. The van der Waals surface area contributed by atoms with Crippen LogP contribution in [0.4, 0.5) is 0 Å². The predicted molar refractivity (Wildman–Crippen MR) is 31.5 cm³/mol. The van der Waals surface area contributed by atoms with E-state index in [2.05, 4.69) is 24.8 Å². The van der Waals surface area contributed by atoms with Crippen LogP contribution >= 0.6 is 12.2 Å². The summed E-state index contributed by atoms with van der Waals surface area (Å²) in [5.41, 5.74) is 0. The molecule has 1 nitrogen and oxygen atoms in total. The Morgan fingerprint density at radius 3 is 2.00 bits per heavy atom. The molecule has 7 heavy (non-hydrogen) atoms. The van der Waals surface area contributed by atoms with Crippen molar-refractivity contribution in [2.24, 2.45) is 0 Å². The predicted octanol–water partition coefficient (Wildman–Crippen LogP) is -2.86. The molecule has 0 spiro atoms. The summed E-state index contributed by atoms with van der Waals surface area (Å²) in [6.45, 7) is 2.17. The van der Waals surface area contributed by atoms with Gasteiger partial charge in [0.15, 0.2) is 0 Å². The van der Waals surface area contributed by atoms with Gasteiger partial charge in [-0.3, -0.25) is 0 Å².